The molecule has 0 spiro atoms. The highest BCUT2D eigenvalue weighted by molar-refractivity contribution is 7.99. The number of nitrogens with zero attached hydrogens (tertiary/aromatic N) is 1. The summed E-state index contributed by atoms with van der Waals surface area (Å²) < 4.78 is 24.7. The molecule has 1 aliphatic rings. The third-order valence-electron chi connectivity index (χ3n) is 4.97. The molecule has 1 saturated heterocycles. The van der Waals surface area contributed by atoms with E-state index in [0.717, 1.165) is 15.5 Å². The minimum atomic E-state index is -1.21. The number of aliphatic hydroxyl groups is 1. The summed E-state index contributed by atoms with van der Waals surface area (Å²) in [6.45, 7) is 6.14. The van der Waals surface area contributed by atoms with Crippen molar-refractivity contribution in [2.45, 2.75) is 54.6 Å². The summed E-state index contributed by atoms with van der Waals surface area (Å²) in [7, 11) is 1.61. The molecule has 1 fully saturated rings. The minimum Gasteiger partial charge on any atom is -0.497 e. The van der Waals surface area contributed by atoms with Crippen molar-refractivity contribution in [3.05, 3.63) is 53.8 Å². The van der Waals surface area contributed by atoms with E-state index in [1.165, 1.54) is 23.9 Å². The fourth-order valence-corrected chi connectivity index (χ4v) is 4.40. The fraction of sp³-hybridized carbons (Fsp3) is 0.435. The van der Waals surface area contributed by atoms with E-state index < -0.39 is 23.1 Å². The summed E-state index contributed by atoms with van der Waals surface area (Å²) in [6.07, 6.45) is 0.231. The number of hydrogen-bond donors (Lipinski definition) is 1. The molecule has 2 aromatic carbocycles. The lowest BCUT2D eigenvalue weighted by atomic mass is 9.84. The van der Waals surface area contributed by atoms with Gasteiger partial charge in [0.1, 0.15) is 17.2 Å². The van der Waals surface area contributed by atoms with E-state index in [1.54, 1.807) is 18.1 Å². The Hall–Kier alpha value is -2.25. The summed E-state index contributed by atoms with van der Waals surface area (Å²) in [5, 5.41) is 11.4. The van der Waals surface area contributed by atoms with E-state index in [1.807, 2.05) is 45.0 Å². The van der Waals surface area contributed by atoms with Crippen molar-refractivity contribution in [2.24, 2.45) is 0 Å². The number of carbonyl (C=O) groups excluding carboxylic acids is 1. The third kappa shape index (κ3) is 5.46. The van der Waals surface area contributed by atoms with Crippen molar-refractivity contribution >= 4 is 17.9 Å². The van der Waals surface area contributed by atoms with Crippen molar-refractivity contribution < 1.29 is 23.8 Å². The molecule has 3 rings (SSSR count). The molecule has 1 aliphatic heterocycles. The largest absolute Gasteiger partial charge is 0.497 e. The first-order chi connectivity index (χ1) is 14.1. The van der Waals surface area contributed by atoms with Gasteiger partial charge in [0.25, 0.3) is 0 Å². The molecule has 1 amide bonds. The van der Waals surface area contributed by atoms with Crippen LogP contribution in [0.3, 0.4) is 0 Å². The number of benzene rings is 2. The highest BCUT2D eigenvalue weighted by Gasteiger charge is 2.38. The lowest BCUT2D eigenvalue weighted by molar-refractivity contribution is -0.0373. The van der Waals surface area contributed by atoms with E-state index in [2.05, 4.69) is 0 Å². The van der Waals surface area contributed by atoms with Gasteiger partial charge in [-0.3, -0.25) is 0 Å². The van der Waals surface area contributed by atoms with E-state index >= 15 is 0 Å². The van der Waals surface area contributed by atoms with E-state index in [0.29, 0.717) is 31.5 Å². The molecule has 162 valence electrons. The Balaban J connectivity index is 1.78. The predicted molar refractivity (Wildman–Crippen MR) is 114 cm³/mol. The van der Waals surface area contributed by atoms with Gasteiger partial charge in [-0.2, -0.15) is 0 Å². The lowest BCUT2D eigenvalue weighted by Gasteiger charge is -2.39. The third-order valence-corrected chi connectivity index (χ3v) is 6.06. The van der Waals surface area contributed by atoms with E-state index in [9.17, 15) is 14.3 Å². The zero-order chi connectivity index (χ0) is 21.9. The average Bonchev–Trinajstić information content (AvgIpc) is 2.69. The zero-order valence-corrected chi connectivity index (χ0v) is 18.6. The van der Waals surface area contributed by atoms with Crippen LogP contribution in [0.4, 0.5) is 9.18 Å². The van der Waals surface area contributed by atoms with Crippen LogP contribution >= 0.6 is 11.8 Å². The van der Waals surface area contributed by atoms with Gasteiger partial charge in [-0.15, -0.1) is 0 Å². The number of carbonyl (C=O) groups is 1. The average molecular weight is 434 g/mol. The highest BCUT2D eigenvalue weighted by atomic mass is 32.2. The molecule has 0 aliphatic carbocycles. The number of hydrogen-bond acceptors (Lipinski definition) is 5. The number of methoxy groups -OCH3 is 1. The number of halogens is 1. The molecule has 2 aromatic rings. The number of ether oxygens (including phenoxy) is 2. The molecule has 0 unspecified atom stereocenters. The minimum absolute atomic E-state index is 0.311. The maximum Gasteiger partial charge on any atom is 0.410 e. The molecular weight excluding hydrogens is 405 g/mol. The van der Waals surface area contributed by atoms with Crippen LogP contribution in [0.25, 0.3) is 0 Å². The number of rotatable bonds is 4. The Bertz CT molecular complexity index is 887. The van der Waals surface area contributed by atoms with Gasteiger partial charge in [0, 0.05) is 28.4 Å². The van der Waals surface area contributed by atoms with Gasteiger partial charge >= 0.3 is 6.09 Å². The second-order valence-electron chi connectivity index (χ2n) is 8.42. The van der Waals surface area contributed by atoms with Gasteiger partial charge < -0.3 is 19.5 Å². The van der Waals surface area contributed by atoms with Crippen LogP contribution in [0.1, 0.15) is 39.2 Å². The van der Waals surface area contributed by atoms with Crippen LogP contribution in [0.5, 0.6) is 5.75 Å². The number of amides is 1. The van der Waals surface area contributed by atoms with E-state index in [4.69, 9.17) is 9.47 Å². The maximum atomic E-state index is 14.1. The predicted octanol–water partition coefficient (Wildman–Crippen LogP) is 5.20. The lowest BCUT2D eigenvalue weighted by Crippen LogP contribution is -2.47. The summed E-state index contributed by atoms with van der Waals surface area (Å²) in [6, 6.07) is 12.1. The Morgan fingerprint density at radius 3 is 2.33 bits per heavy atom. The normalized spacial score (nSPS) is 16.3. The van der Waals surface area contributed by atoms with Crippen molar-refractivity contribution in [3.63, 3.8) is 0 Å². The van der Waals surface area contributed by atoms with E-state index in [-0.39, 0.29) is 0 Å². The van der Waals surface area contributed by atoms with Gasteiger partial charge in [0.2, 0.25) is 0 Å². The monoisotopic (exact) mass is 433 g/mol. The summed E-state index contributed by atoms with van der Waals surface area (Å²) in [5.74, 6) is 0.360. The molecule has 0 aromatic heterocycles. The van der Waals surface area contributed by atoms with Crippen molar-refractivity contribution in [3.8, 4) is 5.75 Å². The number of piperidine rings is 1. The molecule has 7 heteroatoms. The maximum absolute atomic E-state index is 14.1. The van der Waals surface area contributed by atoms with Crippen LogP contribution in [-0.2, 0) is 10.3 Å². The Kier molecular flexibility index (Phi) is 6.62. The van der Waals surface area contributed by atoms with Gasteiger partial charge in [-0.25, -0.2) is 9.18 Å². The summed E-state index contributed by atoms with van der Waals surface area (Å²) in [4.78, 5) is 15.7. The first kappa shape index (κ1) is 22.4. The smallest absolute Gasteiger partial charge is 0.410 e. The Morgan fingerprint density at radius 1 is 1.13 bits per heavy atom. The molecule has 0 radical (unpaired) electrons. The molecule has 30 heavy (non-hydrogen) atoms. The van der Waals surface area contributed by atoms with Crippen LogP contribution in [-0.4, -0.2) is 41.9 Å². The molecular formula is C23H28FNO4S. The van der Waals surface area contributed by atoms with Crippen LogP contribution < -0.4 is 4.74 Å². The quantitative estimate of drug-likeness (QED) is 0.718. The van der Waals surface area contributed by atoms with Gasteiger partial charge in [-0.1, -0.05) is 11.8 Å². The second-order valence-corrected chi connectivity index (χ2v) is 9.53. The SMILES string of the molecule is COc1ccc(Sc2ccc(F)cc2C2(O)CCN(C(=O)OC(C)(C)C)CC2)cc1. The first-order valence-electron chi connectivity index (χ1n) is 9.92. The zero-order valence-electron chi connectivity index (χ0n) is 17.8. The highest BCUT2D eigenvalue weighted by Crippen LogP contribution is 2.41. The van der Waals surface area contributed by atoms with Gasteiger partial charge in [0.15, 0.2) is 0 Å². The van der Waals surface area contributed by atoms with Crippen LogP contribution in [0, 0.1) is 5.82 Å². The Labute approximate surface area is 181 Å². The Morgan fingerprint density at radius 2 is 1.77 bits per heavy atom. The second kappa shape index (κ2) is 8.86. The number of likely N-dealkylation sites (tertiary alicyclic amines) is 1. The van der Waals surface area contributed by atoms with Crippen LogP contribution in [0.15, 0.2) is 52.3 Å². The standard InChI is InChI=1S/C23H28FNO4S/c1-22(2,3)29-21(26)25-13-11-23(27,12-14-25)19-15-16(24)5-10-20(19)30-18-8-6-17(28-4)7-9-18/h5-10,15,27H,11-14H2,1-4H3. The summed E-state index contributed by atoms with van der Waals surface area (Å²) >= 11 is 1.46. The van der Waals surface area contributed by atoms with Crippen molar-refractivity contribution in [2.75, 3.05) is 20.2 Å². The first-order valence-corrected chi connectivity index (χ1v) is 10.7. The molecule has 5 nitrogen and oxygen atoms in total. The molecule has 1 heterocycles. The van der Waals surface area contributed by atoms with Crippen molar-refractivity contribution in [1.29, 1.82) is 0 Å². The van der Waals surface area contributed by atoms with Crippen LogP contribution in [0.2, 0.25) is 0 Å². The molecule has 0 saturated carbocycles. The van der Waals surface area contributed by atoms with Crippen molar-refractivity contribution in [1.82, 2.24) is 4.90 Å². The molecule has 0 atom stereocenters. The topological polar surface area (TPSA) is 59.0 Å². The van der Waals surface area contributed by atoms with Gasteiger partial charge in [0.05, 0.1) is 12.7 Å². The summed E-state index contributed by atoms with van der Waals surface area (Å²) in [5.41, 5.74) is -1.24. The van der Waals surface area contributed by atoms with Gasteiger partial charge in [-0.05, 0) is 76.1 Å². The fourth-order valence-electron chi connectivity index (χ4n) is 3.38. The molecule has 1 N–H and O–H groups in total. The molecule has 0 bridgehead atoms.